The molecule has 2 rings (SSSR count). The zero-order valence-electron chi connectivity index (χ0n) is 13.0. The van der Waals surface area contributed by atoms with Crippen molar-refractivity contribution in [1.82, 2.24) is 0 Å². The topological polar surface area (TPSA) is 66.4 Å². The minimum atomic E-state index is -0.999. The van der Waals surface area contributed by atoms with Gasteiger partial charge in [0.15, 0.2) is 0 Å². The van der Waals surface area contributed by atoms with Crippen LogP contribution in [0, 0.1) is 19.8 Å². The molecule has 22 heavy (non-hydrogen) atoms. The van der Waals surface area contributed by atoms with Gasteiger partial charge in [-0.25, -0.2) is 4.79 Å². The van der Waals surface area contributed by atoms with Crippen molar-refractivity contribution in [2.45, 2.75) is 40.0 Å². The van der Waals surface area contributed by atoms with Gasteiger partial charge < -0.3 is 10.4 Å². The first-order valence-electron chi connectivity index (χ1n) is 7.33. The molecular weight excluding hydrogens is 302 g/mol. The highest BCUT2D eigenvalue weighted by molar-refractivity contribution is 6.31. The van der Waals surface area contributed by atoms with Gasteiger partial charge >= 0.3 is 5.97 Å². The molecule has 1 aromatic rings. The molecule has 5 heteroatoms. The normalized spacial score (nSPS) is 18.3. The number of rotatable bonds is 3. The molecule has 0 radical (unpaired) electrons. The summed E-state index contributed by atoms with van der Waals surface area (Å²) < 4.78 is 0. The molecule has 1 amide bonds. The molecule has 0 aliphatic heterocycles. The minimum absolute atomic E-state index is 0.236. The highest BCUT2D eigenvalue weighted by Crippen LogP contribution is 2.31. The van der Waals surface area contributed by atoms with Gasteiger partial charge in [-0.15, -0.1) is 0 Å². The van der Waals surface area contributed by atoms with Gasteiger partial charge in [0.25, 0.3) is 5.91 Å². The maximum atomic E-state index is 12.5. The fourth-order valence-electron chi connectivity index (χ4n) is 2.70. The number of carbonyl (C=O) groups is 2. The van der Waals surface area contributed by atoms with Crippen LogP contribution in [0.1, 0.15) is 37.3 Å². The molecule has 2 N–H and O–H groups in total. The maximum Gasteiger partial charge on any atom is 0.332 e. The number of carbonyl (C=O) groups excluding carboxylic acids is 1. The van der Waals surface area contributed by atoms with Crippen molar-refractivity contribution >= 4 is 29.2 Å². The standard InChI is InChI=1S/C17H20ClNO3/c1-9-4-5-12(13(6-9)17(21)22)16(20)19-15-8-10(2)14(18)7-11(15)3/h7-9H,4-6H2,1-3H3,(H,19,20)(H,21,22). The number of carboxylic acid groups (broad SMARTS) is 1. The predicted molar refractivity (Wildman–Crippen MR) is 87.2 cm³/mol. The van der Waals surface area contributed by atoms with Crippen LogP contribution in [0.25, 0.3) is 0 Å². The molecule has 4 nitrogen and oxygen atoms in total. The number of anilines is 1. The Morgan fingerprint density at radius 3 is 2.55 bits per heavy atom. The van der Waals surface area contributed by atoms with Crippen LogP contribution in [0.3, 0.4) is 0 Å². The van der Waals surface area contributed by atoms with Crippen molar-refractivity contribution in [2.24, 2.45) is 5.92 Å². The lowest BCUT2D eigenvalue weighted by atomic mass is 9.84. The van der Waals surface area contributed by atoms with Crippen LogP contribution in [0.2, 0.25) is 5.02 Å². The lowest BCUT2D eigenvalue weighted by molar-refractivity contribution is -0.133. The van der Waals surface area contributed by atoms with Gasteiger partial charge in [0, 0.05) is 21.9 Å². The Balaban J connectivity index is 2.30. The third kappa shape index (κ3) is 3.50. The van der Waals surface area contributed by atoms with Crippen molar-refractivity contribution in [3.8, 4) is 0 Å². The van der Waals surface area contributed by atoms with Crippen molar-refractivity contribution in [2.75, 3.05) is 5.32 Å². The number of hydrogen-bond donors (Lipinski definition) is 2. The number of nitrogens with one attached hydrogen (secondary N) is 1. The molecule has 0 spiro atoms. The highest BCUT2D eigenvalue weighted by atomic mass is 35.5. The Labute approximate surface area is 135 Å². The second-order valence-electron chi connectivity index (χ2n) is 5.98. The molecule has 118 valence electrons. The average molecular weight is 322 g/mol. The van der Waals surface area contributed by atoms with Crippen molar-refractivity contribution in [1.29, 1.82) is 0 Å². The zero-order valence-corrected chi connectivity index (χ0v) is 13.8. The molecule has 1 unspecified atom stereocenters. The number of amides is 1. The summed E-state index contributed by atoms with van der Waals surface area (Å²) in [6.07, 6.45) is 1.77. The van der Waals surface area contributed by atoms with E-state index in [-0.39, 0.29) is 11.5 Å². The molecule has 1 aliphatic carbocycles. The number of halogens is 1. The van der Waals surface area contributed by atoms with Crippen LogP contribution in [0.5, 0.6) is 0 Å². The Hall–Kier alpha value is -1.81. The SMILES string of the molecule is Cc1cc(NC(=O)C2=C(C(=O)O)CC(C)CC2)c(C)cc1Cl. The Morgan fingerprint density at radius 2 is 1.91 bits per heavy atom. The van der Waals surface area contributed by atoms with Gasteiger partial charge in [0.05, 0.1) is 0 Å². The van der Waals surface area contributed by atoms with E-state index >= 15 is 0 Å². The van der Waals surface area contributed by atoms with Crippen LogP contribution in [-0.4, -0.2) is 17.0 Å². The predicted octanol–water partition coefficient (Wildman–Crippen LogP) is 4.10. The third-order valence-electron chi connectivity index (χ3n) is 4.09. The van der Waals surface area contributed by atoms with E-state index in [1.165, 1.54) is 0 Å². The molecule has 1 aliphatic rings. The van der Waals surface area contributed by atoms with E-state index in [2.05, 4.69) is 5.32 Å². The summed E-state index contributed by atoms with van der Waals surface area (Å²) in [6, 6.07) is 3.60. The number of benzene rings is 1. The second kappa shape index (κ2) is 6.53. The molecule has 1 atom stereocenters. The van der Waals surface area contributed by atoms with Crippen molar-refractivity contribution in [3.05, 3.63) is 39.4 Å². The zero-order chi connectivity index (χ0) is 16.4. The van der Waals surface area contributed by atoms with E-state index in [4.69, 9.17) is 11.6 Å². The summed E-state index contributed by atoms with van der Waals surface area (Å²) in [6.45, 7) is 5.72. The molecule has 0 heterocycles. The van der Waals surface area contributed by atoms with E-state index in [1.54, 1.807) is 6.07 Å². The lowest BCUT2D eigenvalue weighted by Gasteiger charge is -2.22. The number of aliphatic carboxylic acids is 1. The third-order valence-corrected chi connectivity index (χ3v) is 4.50. The van der Waals surface area contributed by atoms with E-state index in [1.807, 2.05) is 26.8 Å². The molecule has 0 bridgehead atoms. The van der Waals surface area contributed by atoms with Crippen LogP contribution in [-0.2, 0) is 9.59 Å². The number of aryl methyl sites for hydroxylation is 2. The smallest absolute Gasteiger partial charge is 0.332 e. The van der Waals surface area contributed by atoms with Crippen molar-refractivity contribution < 1.29 is 14.7 Å². The summed E-state index contributed by atoms with van der Waals surface area (Å²) in [5.41, 5.74) is 3.01. The molecule has 0 saturated carbocycles. The van der Waals surface area contributed by atoms with Gasteiger partial charge in [-0.2, -0.15) is 0 Å². The molecule has 0 fully saturated rings. The summed E-state index contributed by atoms with van der Waals surface area (Å²) in [5.74, 6) is -1.03. The molecule has 0 aromatic heterocycles. The second-order valence-corrected chi connectivity index (χ2v) is 6.39. The van der Waals surface area contributed by atoms with E-state index in [0.717, 1.165) is 17.5 Å². The van der Waals surface area contributed by atoms with Crippen LogP contribution < -0.4 is 5.32 Å². The number of hydrogen-bond acceptors (Lipinski definition) is 2. The largest absolute Gasteiger partial charge is 0.478 e. The monoisotopic (exact) mass is 321 g/mol. The van der Waals surface area contributed by atoms with Crippen LogP contribution >= 0.6 is 11.6 Å². The fraction of sp³-hybridized carbons (Fsp3) is 0.412. The summed E-state index contributed by atoms with van der Waals surface area (Å²) >= 11 is 6.05. The Bertz CT molecular complexity index is 664. The first-order chi connectivity index (χ1) is 10.3. The first kappa shape index (κ1) is 16.6. The van der Waals surface area contributed by atoms with Gasteiger partial charge in [-0.3, -0.25) is 4.79 Å². The van der Waals surface area contributed by atoms with Crippen LogP contribution in [0.15, 0.2) is 23.3 Å². The molecule has 0 saturated heterocycles. The van der Waals surface area contributed by atoms with Crippen LogP contribution in [0.4, 0.5) is 5.69 Å². The summed E-state index contributed by atoms with van der Waals surface area (Å²) in [5, 5.41) is 12.8. The van der Waals surface area contributed by atoms with E-state index < -0.39 is 5.97 Å². The first-order valence-corrected chi connectivity index (χ1v) is 7.70. The molecule has 1 aromatic carbocycles. The number of carboxylic acids is 1. The van der Waals surface area contributed by atoms with Gasteiger partial charge in [-0.05, 0) is 62.3 Å². The minimum Gasteiger partial charge on any atom is -0.478 e. The van der Waals surface area contributed by atoms with Gasteiger partial charge in [0.1, 0.15) is 0 Å². The maximum absolute atomic E-state index is 12.5. The van der Waals surface area contributed by atoms with E-state index in [0.29, 0.717) is 35.0 Å². The summed E-state index contributed by atoms with van der Waals surface area (Å²) in [4.78, 5) is 23.8. The van der Waals surface area contributed by atoms with Crippen molar-refractivity contribution in [3.63, 3.8) is 0 Å². The average Bonchev–Trinajstić information content (AvgIpc) is 2.44. The Morgan fingerprint density at radius 1 is 1.23 bits per heavy atom. The molecular formula is C17H20ClNO3. The van der Waals surface area contributed by atoms with Gasteiger partial charge in [-0.1, -0.05) is 18.5 Å². The highest BCUT2D eigenvalue weighted by Gasteiger charge is 2.27. The lowest BCUT2D eigenvalue weighted by Crippen LogP contribution is -2.23. The fourth-order valence-corrected chi connectivity index (χ4v) is 2.91. The Kier molecular flexibility index (Phi) is 4.91. The quantitative estimate of drug-likeness (QED) is 0.881. The van der Waals surface area contributed by atoms with Gasteiger partial charge in [0.2, 0.25) is 0 Å². The van der Waals surface area contributed by atoms with E-state index in [9.17, 15) is 14.7 Å². The summed E-state index contributed by atoms with van der Waals surface area (Å²) in [7, 11) is 0.